The molecule has 43 heavy (non-hydrogen) atoms. The molecule has 10 nitrogen and oxygen atoms in total. The lowest BCUT2D eigenvalue weighted by molar-refractivity contribution is -0.148. The molecule has 0 radical (unpaired) electrons. The van der Waals surface area contributed by atoms with Gasteiger partial charge in [0.15, 0.2) is 0 Å². The lowest BCUT2D eigenvalue weighted by Crippen LogP contribution is -2.41. The van der Waals surface area contributed by atoms with Crippen molar-refractivity contribution in [3.8, 4) is 0 Å². The molecule has 5 rings (SSSR count). The average molecular weight is 637 g/mol. The first-order chi connectivity index (χ1) is 20.4. The Morgan fingerprint density at radius 3 is 1.63 bits per heavy atom. The second kappa shape index (κ2) is 13.7. The van der Waals surface area contributed by atoms with Gasteiger partial charge in [-0.1, -0.05) is 30.3 Å². The number of halogens is 2. The Balaban J connectivity index is 0.000000208. The normalized spacial score (nSPS) is 19.4. The summed E-state index contributed by atoms with van der Waals surface area (Å²) >= 11 is 0. The molecule has 2 saturated heterocycles. The first kappa shape index (κ1) is 32.2. The summed E-state index contributed by atoms with van der Waals surface area (Å²) in [5.41, 5.74) is 0.835. The summed E-state index contributed by atoms with van der Waals surface area (Å²) in [5.74, 6) is -2.77. The zero-order chi connectivity index (χ0) is 31.2. The van der Waals surface area contributed by atoms with E-state index in [1.807, 2.05) is 30.3 Å². The van der Waals surface area contributed by atoms with E-state index in [0.29, 0.717) is 25.7 Å². The summed E-state index contributed by atoms with van der Waals surface area (Å²) in [4.78, 5) is 23.2. The molecule has 2 fully saturated rings. The maximum Gasteiger partial charge on any atom is 0.324 e. The van der Waals surface area contributed by atoms with Crippen molar-refractivity contribution >= 4 is 32.0 Å². The number of carbonyl (C=O) groups is 2. The van der Waals surface area contributed by atoms with Gasteiger partial charge in [0.05, 0.1) is 9.79 Å². The van der Waals surface area contributed by atoms with Crippen molar-refractivity contribution in [1.82, 2.24) is 8.61 Å². The van der Waals surface area contributed by atoms with Crippen LogP contribution >= 0.6 is 0 Å². The molecule has 3 aromatic rings. The van der Waals surface area contributed by atoms with Gasteiger partial charge < -0.3 is 9.84 Å². The molecule has 0 unspecified atom stereocenters. The van der Waals surface area contributed by atoms with E-state index in [2.05, 4.69) is 0 Å². The third-order valence-electron chi connectivity index (χ3n) is 7.03. The van der Waals surface area contributed by atoms with Crippen molar-refractivity contribution < 1.29 is 45.0 Å². The van der Waals surface area contributed by atoms with Gasteiger partial charge >= 0.3 is 11.9 Å². The van der Waals surface area contributed by atoms with Crippen LogP contribution in [-0.4, -0.2) is 67.7 Å². The van der Waals surface area contributed by atoms with Crippen LogP contribution in [0.1, 0.15) is 31.2 Å². The third-order valence-corrected chi connectivity index (χ3v) is 10.9. The van der Waals surface area contributed by atoms with Crippen molar-refractivity contribution in [2.24, 2.45) is 0 Å². The number of aliphatic carboxylic acids is 1. The molecule has 0 spiro atoms. The first-order valence-corrected chi connectivity index (χ1v) is 16.3. The van der Waals surface area contributed by atoms with Gasteiger partial charge in [0.1, 0.15) is 30.3 Å². The van der Waals surface area contributed by atoms with Crippen LogP contribution in [0, 0.1) is 11.6 Å². The highest BCUT2D eigenvalue weighted by atomic mass is 32.2. The molecule has 1 N–H and O–H groups in total. The van der Waals surface area contributed by atoms with E-state index in [4.69, 9.17) is 9.84 Å². The Morgan fingerprint density at radius 2 is 1.16 bits per heavy atom. The summed E-state index contributed by atoms with van der Waals surface area (Å²) in [6, 6.07) is 16.3. The number of hydrogen-bond donors (Lipinski definition) is 1. The Hall–Kier alpha value is -3.72. The van der Waals surface area contributed by atoms with Crippen LogP contribution in [0.2, 0.25) is 0 Å². The van der Waals surface area contributed by atoms with Crippen LogP contribution in [0.4, 0.5) is 8.78 Å². The predicted molar refractivity (Wildman–Crippen MR) is 151 cm³/mol. The molecule has 0 bridgehead atoms. The summed E-state index contributed by atoms with van der Waals surface area (Å²) in [5, 5.41) is 8.97. The minimum Gasteiger partial charge on any atom is -0.480 e. The zero-order valence-corrected chi connectivity index (χ0v) is 24.5. The monoisotopic (exact) mass is 636 g/mol. The van der Waals surface area contributed by atoms with Gasteiger partial charge in [-0.3, -0.25) is 9.59 Å². The highest BCUT2D eigenvalue weighted by Crippen LogP contribution is 2.28. The maximum atomic E-state index is 13.0. The number of esters is 1. The van der Waals surface area contributed by atoms with E-state index in [0.717, 1.165) is 50.6 Å². The number of ether oxygens (including phenoxy) is 1. The number of nitrogens with zero attached hydrogens (tertiary/aromatic N) is 2. The van der Waals surface area contributed by atoms with E-state index in [1.165, 1.54) is 12.1 Å². The van der Waals surface area contributed by atoms with Crippen LogP contribution in [-0.2, 0) is 41.0 Å². The molecule has 2 atom stereocenters. The molecule has 2 aliphatic rings. The van der Waals surface area contributed by atoms with E-state index in [-0.39, 0.29) is 29.5 Å². The number of carboxylic acids is 1. The van der Waals surface area contributed by atoms with Gasteiger partial charge in [0, 0.05) is 13.1 Å². The Bertz CT molecular complexity index is 1640. The molecule has 0 aromatic heterocycles. The van der Waals surface area contributed by atoms with Gasteiger partial charge in [-0.15, -0.1) is 0 Å². The largest absolute Gasteiger partial charge is 0.480 e. The van der Waals surface area contributed by atoms with Gasteiger partial charge in [0.25, 0.3) is 0 Å². The average Bonchev–Trinajstić information content (AvgIpc) is 3.69. The molecule has 0 aliphatic carbocycles. The van der Waals surface area contributed by atoms with Crippen LogP contribution in [0.15, 0.2) is 88.7 Å². The molecule has 3 aromatic carbocycles. The number of carbonyl (C=O) groups excluding carboxylic acids is 1. The number of benzene rings is 3. The molecule has 0 amide bonds. The second-order valence-corrected chi connectivity index (χ2v) is 13.7. The summed E-state index contributed by atoms with van der Waals surface area (Å²) in [6.45, 7) is 0.516. The molecule has 2 aliphatic heterocycles. The third kappa shape index (κ3) is 7.63. The zero-order valence-electron chi connectivity index (χ0n) is 22.9. The van der Waals surface area contributed by atoms with E-state index < -0.39 is 55.7 Å². The van der Waals surface area contributed by atoms with Crippen molar-refractivity contribution in [3.63, 3.8) is 0 Å². The molecular formula is C29H30F2N2O8S2. The lowest BCUT2D eigenvalue weighted by atomic mass is 10.2. The first-order valence-electron chi connectivity index (χ1n) is 13.4. The fourth-order valence-electron chi connectivity index (χ4n) is 4.85. The van der Waals surface area contributed by atoms with Crippen molar-refractivity contribution in [2.45, 2.75) is 54.2 Å². The molecule has 0 saturated carbocycles. The molecule has 14 heteroatoms. The smallest absolute Gasteiger partial charge is 0.324 e. The highest BCUT2D eigenvalue weighted by Gasteiger charge is 2.41. The minimum atomic E-state index is -3.87. The van der Waals surface area contributed by atoms with E-state index in [9.17, 15) is 35.2 Å². The van der Waals surface area contributed by atoms with Crippen molar-refractivity contribution in [1.29, 1.82) is 0 Å². The van der Waals surface area contributed by atoms with Gasteiger partial charge in [-0.2, -0.15) is 8.61 Å². The molecule has 230 valence electrons. The Kier molecular flexibility index (Phi) is 10.3. The Labute approximate surface area is 248 Å². The number of sulfonamides is 2. The quantitative estimate of drug-likeness (QED) is 0.369. The van der Waals surface area contributed by atoms with E-state index in [1.54, 1.807) is 0 Å². The van der Waals surface area contributed by atoms with E-state index >= 15 is 0 Å². The Morgan fingerprint density at radius 1 is 0.721 bits per heavy atom. The number of hydrogen-bond acceptors (Lipinski definition) is 7. The minimum absolute atomic E-state index is 0.0309. The highest BCUT2D eigenvalue weighted by molar-refractivity contribution is 7.89. The maximum absolute atomic E-state index is 13.0. The van der Waals surface area contributed by atoms with Crippen LogP contribution in [0.25, 0.3) is 0 Å². The topological polar surface area (TPSA) is 138 Å². The fourth-order valence-corrected chi connectivity index (χ4v) is 8.14. The van der Waals surface area contributed by atoms with Gasteiger partial charge in [-0.25, -0.2) is 25.6 Å². The predicted octanol–water partition coefficient (Wildman–Crippen LogP) is 3.79. The fraction of sp³-hybridized carbons (Fsp3) is 0.310. The van der Waals surface area contributed by atoms with Gasteiger partial charge in [-0.05, 0) is 79.8 Å². The van der Waals surface area contributed by atoms with Crippen molar-refractivity contribution in [2.75, 3.05) is 13.1 Å². The SMILES string of the molecule is O=C(O)[C@@H]1CCCN1S(=O)(=O)c1ccc(F)cc1.O=C(OCc1ccccc1)[C@@H]1CCCN1S(=O)(=O)c1ccc(F)cc1. The molecule has 2 heterocycles. The summed E-state index contributed by atoms with van der Waals surface area (Å²) in [7, 11) is -7.73. The van der Waals surface area contributed by atoms with Gasteiger partial charge in [0.2, 0.25) is 20.0 Å². The van der Waals surface area contributed by atoms with Crippen molar-refractivity contribution in [3.05, 3.63) is 96.1 Å². The number of carboxylic acid groups (broad SMARTS) is 1. The van der Waals surface area contributed by atoms with Crippen LogP contribution in [0.3, 0.4) is 0 Å². The summed E-state index contributed by atoms with van der Waals surface area (Å²) < 4.78 is 83.0. The van der Waals surface area contributed by atoms with Crippen LogP contribution in [0.5, 0.6) is 0 Å². The number of rotatable bonds is 8. The lowest BCUT2D eigenvalue weighted by Gasteiger charge is -2.22. The molecular weight excluding hydrogens is 606 g/mol. The standard InChI is InChI=1S/C18H18FNO4S.C11H12FNO4S/c19-15-8-10-16(11-9-15)25(22,23)20-12-4-7-17(20)18(21)24-13-14-5-2-1-3-6-14;12-8-3-5-9(6-4-8)18(16,17)13-7-1-2-10(13)11(14)15/h1-3,5-6,8-11,17H,4,7,12-13H2;3-6,10H,1-2,7H2,(H,14,15)/t17-;10-/m00/s1. The second-order valence-electron chi connectivity index (χ2n) is 9.89. The van der Waals surface area contributed by atoms with Crippen LogP contribution < -0.4 is 0 Å². The summed E-state index contributed by atoms with van der Waals surface area (Å²) in [6.07, 6.45) is 1.80.